The van der Waals surface area contributed by atoms with Gasteiger partial charge < -0.3 is 4.42 Å². The van der Waals surface area contributed by atoms with Crippen molar-refractivity contribution < 1.29 is 19.1 Å². The van der Waals surface area contributed by atoms with E-state index in [9.17, 15) is 4.79 Å². The second kappa shape index (κ2) is 8.77. The lowest BCUT2D eigenvalue weighted by Crippen LogP contribution is -3.26. The number of aromatic nitrogens is 1. The molecule has 3 aromatic rings. The minimum absolute atomic E-state index is 0.190. The van der Waals surface area contributed by atoms with Gasteiger partial charge in [-0.25, -0.2) is 9.79 Å². The van der Waals surface area contributed by atoms with Crippen LogP contribution in [-0.2, 0) is 0 Å². The highest BCUT2D eigenvalue weighted by Crippen LogP contribution is 2.19. The summed E-state index contributed by atoms with van der Waals surface area (Å²) in [6.45, 7) is 1.33. The highest BCUT2D eigenvalue weighted by Gasteiger charge is 2.39. The number of nitrogens with one attached hydrogen (secondary N) is 4. The third-order valence-corrected chi connectivity index (χ3v) is 6.09. The molecule has 0 radical (unpaired) electrons. The van der Waals surface area contributed by atoms with E-state index in [0.29, 0.717) is 30.3 Å². The molecule has 2 aromatic carbocycles. The van der Waals surface area contributed by atoms with E-state index >= 15 is 0 Å². The molecule has 0 bridgehead atoms. The third-order valence-electron chi connectivity index (χ3n) is 6.09. The quantitative estimate of drug-likeness (QED) is 0.515. The van der Waals surface area contributed by atoms with Crippen molar-refractivity contribution >= 4 is 34.8 Å². The van der Waals surface area contributed by atoms with E-state index < -0.39 is 0 Å². The number of para-hydroxylation sites is 3. The van der Waals surface area contributed by atoms with Crippen LogP contribution in [0.4, 0.5) is 16.5 Å². The molecular weight excluding hydrogens is 392 g/mol. The normalized spacial score (nSPS) is 19.8. The highest BCUT2D eigenvalue weighted by atomic mass is 16.4. The number of fused-ring (bicyclic) bond motifs is 1. The maximum Gasteiger partial charge on any atom is 0.391 e. The van der Waals surface area contributed by atoms with Gasteiger partial charge in [0.15, 0.2) is 12.3 Å². The minimum Gasteiger partial charge on any atom is -0.412 e. The van der Waals surface area contributed by atoms with Crippen LogP contribution in [0.5, 0.6) is 0 Å². The summed E-state index contributed by atoms with van der Waals surface area (Å²) >= 11 is 0. The van der Waals surface area contributed by atoms with Gasteiger partial charge >= 0.3 is 18.0 Å². The Labute approximate surface area is 180 Å². The lowest BCUT2D eigenvalue weighted by molar-refractivity contribution is -1.01. The number of carbonyl (C=O) groups excluding carboxylic acids is 1. The molecule has 160 valence electrons. The van der Waals surface area contributed by atoms with E-state index in [4.69, 9.17) is 4.42 Å². The number of carbonyl (C=O) groups is 1. The number of guanidine groups is 1. The second-order valence-corrected chi connectivity index (χ2v) is 8.19. The number of benzene rings is 2. The summed E-state index contributed by atoms with van der Waals surface area (Å²) in [4.78, 5) is 24.2. The summed E-state index contributed by atoms with van der Waals surface area (Å²) in [7, 11) is 0. The summed E-state index contributed by atoms with van der Waals surface area (Å²) in [5.74, 6) is 0.583. The van der Waals surface area contributed by atoms with Gasteiger partial charge in [-0.1, -0.05) is 36.8 Å². The standard InChI is InChI=1S/C23H26N6O2/c30-23(25-17-9-3-1-4-10-17)29-16-28(18-11-5-2-6-12-18)15-24-21(29)27-22-26-19-13-7-8-14-20(19)31-22/h1,3-4,7-10,13-14,18H,2,5-6,11-12,15-16H2,(H,25,30)(H,24,26,27)/p+2. The number of oxazole rings is 1. The van der Waals surface area contributed by atoms with Crippen molar-refractivity contribution in [1.29, 1.82) is 0 Å². The van der Waals surface area contributed by atoms with Crippen molar-refractivity contribution in [3.63, 3.8) is 0 Å². The molecular formula is C23H28N6O2+2. The van der Waals surface area contributed by atoms with Gasteiger partial charge in [-0.2, -0.15) is 10.3 Å². The average molecular weight is 421 g/mol. The molecule has 5 rings (SSSR count). The summed E-state index contributed by atoms with van der Waals surface area (Å²) < 4.78 is 5.81. The van der Waals surface area contributed by atoms with Crippen LogP contribution in [-0.4, -0.2) is 41.3 Å². The van der Waals surface area contributed by atoms with E-state index in [1.165, 1.54) is 37.0 Å². The summed E-state index contributed by atoms with van der Waals surface area (Å²) in [5.41, 5.74) is 2.24. The van der Waals surface area contributed by atoms with Crippen molar-refractivity contribution in [3.8, 4) is 0 Å². The maximum atomic E-state index is 13.2. The Bertz CT molecular complexity index is 1040. The zero-order valence-electron chi connectivity index (χ0n) is 17.4. The largest absolute Gasteiger partial charge is 0.412 e. The Morgan fingerprint density at radius 1 is 1.06 bits per heavy atom. The fourth-order valence-corrected chi connectivity index (χ4v) is 4.44. The van der Waals surface area contributed by atoms with Crippen LogP contribution >= 0.6 is 0 Å². The third kappa shape index (κ3) is 4.39. The van der Waals surface area contributed by atoms with E-state index in [0.717, 1.165) is 17.9 Å². The summed E-state index contributed by atoms with van der Waals surface area (Å²) in [6.07, 6.45) is 6.26. The molecule has 8 heteroatoms. The molecule has 1 aromatic heterocycles. The second-order valence-electron chi connectivity index (χ2n) is 8.19. The Morgan fingerprint density at radius 3 is 2.65 bits per heavy atom. The number of anilines is 2. The summed E-state index contributed by atoms with van der Waals surface area (Å²) in [5, 5.41) is 6.19. The van der Waals surface area contributed by atoms with Crippen molar-refractivity contribution in [3.05, 3.63) is 54.6 Å². The first-order valence-corrected chi connectivity index (χ1v) is 11.0. The van der Waals surface area contributed by atoms with Gasteiger partial charge in [0.1, 0.15) is 5.52 Å². The topological polar surface area (TPSA) is 88.8 Å². The molecule has 1 atom stereocenters. The minimum atomic E-state index is -0.190. The Kier molecular flexibility index (Phi) is 5.54. The SMILES string of the molecule is O=C(Nc1ccccc1)N1C[NH+](C2CCCCC2)C[NH+]=C1Nc1nc2ccccc2o1. The number of quaternary nitrogens is 1. The van der Waals surface area contributed by atoms with Crippen molar-refractivity contribution in [1.82, 2.24) is 9.88 Å². The smallest absolute Gasteiger partial charge is 0.391 e. The predicted molar refractivity (Wildman–Crippen MR) is 118 cm³/mol. The maximum absolute atomic E-state index is 13.2. The zero-order valence-corrected chi connectivity index (χ0v) is 17.4. The van der Waals surface area contributed by atoms with Crippen LogP contribution in [0, 0.1) is 0 Å². The van der Waals surface area contributed by atoms with Gasteiger partial charge in [0.2, 0.25) is 6.67 Å². The fraction of sp³-hybridized carbons (Fsp3) is 0.348. The van der Waals surface area contributed by atoms with Crippen LogP contribution in [0.25, 0.3) is 11.1 Å². The first-order chi connectivity index (χ1) is 15.3. The van der Waals surface area contributed by atoms with Crippen LogP contribution in [0.2, 0.25) is 0 Å². The van der Waals surface area contributed by atoms with E-state index in [1.807, 2.05) is 54.6 Å². The number of urea groups is 1. The molecule has 1 unspecified atom stereocenters. The fourth-order valence-electron chi connectivity index (χ4n) is 4.44. The molecule has 1 fully saturated rings. The van der Waals surface area contributed by atoms with E-state index in [2.05, 4.69) is 20.6 Å². The van der Waals surface area contributed by atoms with Crippen LogP contribution in [0.1, 0.15) is 32.1 Å². The molecule has 2 amide bonds. The van der Waals surface area contributed by atoms with Gasteiger partial charge in [-0.3, -0.25) is 10.2 Å². The molecule has 1 aliphatic carbocycles. The lowest BCUT2D eigenvalue weighted by Gasteiger charge is -2.33. The molecule has 31 heavy (non-hydrogen) atoms. The molecule has 8 nitrogen and oxygen atoms in total. The molecule has 0 saturated heterocycles. The van der Waals surface area contributed by atoms with E-state index in [1.54, 1.807) is 4.90 Å². The Hall–Kier alpha value is -3.39. The molecule has 1 saturated carbocycles. The van der Waals surface area contributed by atoms with Crippen LogP contribution in [0.15, 0.2) is 59.0 Å². The van der Waals surface area contributed by atoms with Gasteiger partial charge in [0.25, 0.3) is 0 Å². The zero-order chi connectivity index (χ0) is 21.0. The predicted octanol–water partition coefficient (Wildman–Crippen LogP) is 1.36. The van der Waals surface area contributed by atoms with Crippen molar-refractivity contribution in [2.45, 2.75) is 38.1 Å². The molecule has 1 aliphatic heterocycles. The molecule has 2 heterocycles. The summed E-state index contributed by atoms with van der Waals surface area (Å²) in [6, 6.07) is 17.9. The van der Waals surface area contributed by atoms with Gasteiger partial charge in [0, 0.05) is 5.69 Å². The van der Waals surface area contributed by atoms with E-state index in [-0.39, 0.29) is 6.03 Å². The van der Waals surface area contributed by atoms with Crippen molar-refractivity contribution in [2.24, 2.45) is 0 Å². The number of amides is 2. The van der Waals surface area contributed by atoms with Gasteiger partial charge in [0.05, 0.1) is 6.04 Å². The number of rotatable bonds is 3. The first kappa shape index (κ1) is 19.6. The molecule has 0 spiro atoms. The van der Waals surface area contributed by atoms with Crippen LogP contribution < -0.4 is 20.5 Å². The van der Waals surface area contributed by atoms with Gasteiger partial charge in [-0.05, 0) is 49.9 Å². The van der Waals surface area contributed by atoms with Crippen molar-refractivity contribution in [2.75, 3.05) is 24.0 Å². The Morgan fingerprint density at radius 2 is 1.84 bits per heavy atom. The monoisotopic (exact) mass is 420 g/mol. The number of hydrogen-bond donors (Lipinski definition) is 4. The number of nitrogens with zero attached hydrogens (tertiary/aromatic N) is 2. The highest BCUT2D eigenvalue weighted by molar-refractivity contribution is 6.04. The molecule has 2 aliphatic rings. The van der Waals surface area contributed by atoms with Crippen LogP contribution in [0.3, 0.4) is 0 Å². The lowest BCUT2D eigenvalue weighted by atomic mass is 9.94. The number of hydrogen-bond acceptors (Lipinski definition) is 4. The Balaban J connectivity index is 1.38. The molecule has 4 N–H and O–H groups in total. The van der Waals surface area contributed by atoms with Gasteiger partial charge in [-0.15, -0.1) is 4.90 Å². The average Bonchev–Trinajstić information content (AvgIpc) is 3.23. The first-order valence-electron chi connectivity index (χ1n) is 11.0.